The Morgan fingerprint density at radius 1 is 1.18 bits per heavy atom. The van der Waals surface area contributed by atoms with Gasteiger partial charge in [-0.05, 0) is 50.4 Å². The summed E-state index contributed by atoms with van der Waals surface area (Å²) in [5.41, 5.74) is 4.92. The molecule has 6 heterocycles. The number of halogens is 5. The molecule has 3 aromatic rings. The number of ether oxygens (including phenoxy) is 2. The Kier molecular flexibility index (Phi) is 8.45. The molecule has 1 amide bonds. The number of alkyl halides is 4. The molecule has 2 N–H and O–H groups in total. The van der Waals surface area contributed by atoms with Gasteiger partial charge < -0.3 is 25.0 Å². The highest BCUT2D eigenvalue weighted by Gasteiger charge is 2.49. The first-order valence-corrected chi connectivity index (χ1v) is 16.5. The molecular weight excluding hydrogens is 651 g/mol. The van der Waals surface area contributed by atoms with Gasteiger partial charge in [-0.25, -0.2) is 8.78 Å². The minimum atomic E-state index is -4.85. The van der Waals surface area contributed by atoms with E-state index in [-0.39, 0.29) is 37.1 Å². The van der Waals surface area contributed by atoms with Gasteiger partial charge in [0, 0.05) is 57.7 Å². The van der Waals surface area contributed by atoms with Crippen molar-refractivity contribution in [2.45, 2.75) is 82.7 Å². The molecule has 49 heavy (non-hydrogen) atoms. The number of hydrogen-bond donors (Lipinski definition) is 1. The van der Waals surface area contributed by atoms with Crippen LogP contribution in [0.15, 0.2) is 12.1 Å². The number of carbonyl (C=O) groups is 1. The fourth-order valence-corrected chi connectivity index (χ4v) is 7.89. The number of aryl methyl sites for hydroxylation is 2. The van der Waals surface area contributed by atoms with Gasteiger partial charge in [0.05, 0.1) is 47.4 Å². The number of benzene rings is 1. The number of amides is 1. The molecule has 0 spiro atoms. The van der Waals surface area contributed by atoms with Crippen LogP contribution in [0.5, 0.6) is 6.01 Å². The fraction of sp³-hybridized carbons (Fsp3) is 0.576. The lowest BCUT2D eigenvalue weighted by Crippen LogP contribution is -2.43. The van der Waals surface area contributed by atoms with Gasteiger partial charge in [0.1, 0.15) is 18.6 Å². The molecule has 0 aliphatic carbocycles. The Balaban J connectivity index is 1.27. The van der Waals surface area contributed by atoms with Crippen LogP contribution in [0.3, 0.4) is 0 Å². The summed E-state index contributed by atoms with van der Waals surface area (Å²) in [7, 11) is 3.30. The molecule has 4 aliphatic heterocycles. The average molecular weight is 691 g/mol. The Labute approximate surface area is 280 Å². The summed E-state index contributed by atoms with van der Waals surface area (Å²) in [6.45, 7) is 3.72. The van der Waals surface area contributed by atoms with Crippen molar-refractivity contribution in [2.75, 3.05) is 51.0 Å². The number of nitrogen functional groups attached to an aromatic ring is 1. The Morgan fingerprint density at radius 2 is 1.98 bits per heavy atom. The van der Waals surface area contributed by atoms with Gasteiger partial charge in [0.25, 0.3) is 5.91 Å². The molecule has 0 radical (unpaired) electrons. The lowest BCUT2D eigenvalue weighted by Gasteiger charge is -2.33. The lowest BCUT2D eigenvalue weighted by atomic mass is 9.91. The van der Waals surface area contributed by atoms with Crippen LogP contribution < -0.4 is 15.4 Å². The van der Waals surface area contributed by atoms with Crippen molar-refractivity contribution in [1.82, 2.24) is 29.5 Å². The van der Waals surface area contributed by atoms with E-state index in [0.717, 1.165) is 31.1 Å². The fourth-order valence-electron chi connectivity index (χ4n) is 7.89. The summed E-state index contributed by atoms with van der Waals surface area (Å²) in [4.78, 5) is 27.7. The number of nitrogens with zero attached hydrogens (tertiary/aromatic N) is 7. The number of anilines is 2. The normalized spacial score (nSPS) is 24.0. The van der Waals surface area contributed by atoms with E-state index >= 15 is 4.39 Å². The molecule has 7 rings (SSSR count). The van der Waals surface area contributed by atoms with Gasteiger partial charge in [0.2, 0.25) is 0 Å². The molecule has 3 atom stereocenters. The zero-order valence-corrected chi connectivity index (χ0v) is 27.6. The first-order valence-electron chi connectivity index (χ1n) is 16.5. The Bertz CT molecular complexity index is 1780. The van der Waals surface area contributed by atoms with E-state index in [1.807, 2.05) is 4.90 Å². The number of hydrogen-bond acceptors (Lipinski definition) is 9. The molecule has 0 saturated carbocycles. The summed E-state index contributed by atoms with van der Waals surface area (Å²) in [5.74, 6) is -0.945. The Hall–Kier alpha value is -4.05. The molecule has 11 nitrogen and oxygen atoms in total. The maximum absolute atomic E-state index is 15.5. The number of rotatable bonds is 6. The van der Waals surface area contributed by atoms with Crippen molar-refractivity contribution in [3.8, 4) is 6.01 Å². The van der Waals surface area contributed by atoms with E-state index in [1.165, 1.54) is 11.8 Å². The standard InChI is InChI=1S/C33H39F5N8O3/c1-18-10-22(39)28(35)26(27(18)33(36,37)38)25-12-23-21(16-48-25)29(41-31(40-23)49-17-32-6-4-8-45(32)14-19(34)13-32)44-7-5-9-46-20(15-44)11-24(42-46)30(47)43(2)3/h10-11,19,25H,4-9,12-17,39H2,1-3H3/t19-,25+,32+/m1/s1. The largest absolute Gasteiger partial charge is 0.461 e. The second-order valence-electron chi connectivity index (χ2n) is 13.7. The van der Waals surface area contributed by atoms with Crippen LogP contribution in [0.25, 0.3) is 0 Å². The average Bonchev–Trinajstić information content (AvgIpc) is 3.66. The summed E-state index contributed by atoms with van der Waals surface area (Å²) >= 11 is 0. The number of carbonyl (C=O) groups excluding carboxylic acids is 1. The first kappa shape index (κ1) is 33.4. The van der Waals surface area contributed by atoms with Gasteiger partial charge in [0.15, 0.2) is 11.5 Å². The third-order valence-electron chi connectivity index (χ3n) is 10.2. The van der Waals surface area contributed by atoms with Crippen LogP contribution in [-0.4, -0.2) is 87.5 Å². The van der Waals surface area contributed by atoms with Crippen molar-refractivity contribution in [3.05, 3.63) is 57.3 Å². The minimum absolute atomic E-state index is 0.000523. The molecule has 4 aliphatic rings. The highest BCUT2D eigenvalue weighted by Crippen LogP contribution is 2.45. The molecule has 2 aromatic heterocycles. The topological polar surface area (TPSA) is 115 Å². The van der Waals surface area contributed by atoms with E-state index in [9.17, 15) is 22.4 Å². The molecule has 1 aromatic carbocycles. The van der Waals surface area contributed by atoms with Gasteiger partial charge in [-0.15, -0.1) is 0 Å². The van der Waals surface area contributed by atoms with E-state index in [2.05, 4.69) is 15.0 Å². The quantitative estimate of drug-likeness (QED) is 0.293. The minimum Gasteiger partial charge on any atom is -0.461 e. The van der Waals surface area contributed by atoms with E-state index in [0.29, 0.717) is 61.8 Å². The summed E-state index contributed by atoms with van der Waals surface area (Å²) in [6, 6.07) is 2.71. The molecule has 2 fully saturated rings. The molecule has 2 saturated heterocycles. The predicted octanol–water partition coefficient (Wildman–Crippen LogP) is 4.60. The first-order chi connectivity index (χ1) is 23.2. The van der Waals surface area contributed by atoms with Gasteiger partial charge in [-0.2, -0.15) is 28.2 Å². The molecule has 0 bridgehead atoms. The third-order valence-corrected chi connectivity index (χ3v) is 10.2. The smallest absolute Gasteiger partial charge is 0.417 e. The van der Waals surface area contributed by atoms with Crippen molar-refractivity contribution >= 4 is 17.4 Å². The second-order valence-corrected chi connectivity index (χ2v) is 13.7. The van der Waals surface area contributed by atoms with Crippen molar-refractivity contribution in [3.63, 3.8) is 0 Å². The maximum atomic E-state index is 15.5. The number of nitrogens with two attached hydrogens (primary N) is 1. The zero-order chi connectivity index (χ0) is 34.8. The van der Waals surface area contributed by atoms with Crippen LogP contribution in [0.1, 0.15) is 75.9 Å². The van der Waals surface area contributed by atoms with Gasteiger partial charge in [-0.3, -0.25) is 14.4 Å². The van der Waals surface area contributed by atoms with E-state index in [4.69, 9.17) is 20.2 Å². The summed E-state index contributed by atoms with van der Waals surface area (Å²) < 4.78 is 86.9. The van der Waals surface area contributed by atoms with Gasteiger partial charge >= 0.3 is 12.2 Å². The van der Waals surface area contributed by atoms with Crippen LogP contribution in [0.2, 0.25) is 0 Å². The SMILES string of the molecule is Cc1cc(N)c(F)c([C@@H]2Cc3nc(OC[C@@]45CCCN4C[C@H](F)C5)nc(N4CCCn5nc(C(=O)N(C)C)cc5C4)c3CO2)c1C(F)(F)F. The third kappa shape index (κ3) is 6.06. The zero-order valence-electron chi connectivity index (χ0n) is 27.6. The van der Waals surface area contributed by atoms with Crippen LogP contribution >= 0.6 is 0 Å². The summed E-state index contributed by atoms with van der Waals surface area (Å²) in [5, 5.41) is 4.51. The molecule has 0 unspecified atom stereocenters. The second kappa shape index (κ2) is 12.4. The number of fused-ring (bicyclic) bond motifs is 3. The highest BCUT2D eigenvalue weighted by atomic mass is 19.4. The van der Waals surface area contributed by atoms with Crippen LogP contribution in [0, 0.1) is 12.7 Å². The predicted molar refractivity (Wildman–Crippen MR) is 168 cm³/mol. The molecule has 264 valence electrons. The Morgan fingerprint density at radius 3 is 2.73 bits per heavy atom. The van der Waals surface area contributed by atoms with Crippen LogP contribution in [-0.2, 0) is 37.0 Å². The van der Waals surface area contributed by atoms with Crippen molar-refractivity contribution in [1.29, 1.82) is 0 Å². The van der Waals surface area contributed by atoms with Crippen LogP contribution in [0.4, 0.5) is 33.5 Å². The van der Waals surface area contributed by atoms with Crippen molar-refractivity contribution < 1.29 is 36.2 Å². The van der Waals surface area contributed by atoms with Gasteiger partial charge in [-0.1, -0.05) is 0 Å². The van der Waals surface area contributed by atoms with E-state index in [1.54, 1.807) is 24.8 Å². The molecule has 16 heteroatoms. The highest BCUT2D eigenvalue weighted by molar-refractivity contribution is 5.92. The summed E-state index contributed by atoms with van der Waals surface area (Å²) in [6.07, 6.45) is -4.68. The van der Waals surface area contributed by atoms with Crippen molar-refractivity contribution in [2.24, 2.45) is 0 Å². The number of aromatic nitrogens is 4. The monoisotopic (exact) mass is 690 g/mol. The molecular formula is C33H39F5N8O3. The maximum Gasteiger partial charge on any atom is 0.417 e. The van der Waals surface area contributed by atoms with E-state index < -0.39 is 46.6 Å². The lowest BCUT2D eigenvalue weighted by molar-refractivity contribution is -0.140.